The molecule has 0 N–H and O–H groups in total. The van der Waals surface area contributed by atoms with Crippen molar-refractivity contribution in [2.45, 2.75) is 111 Å². The number of carbonyl (C=O) groups excluding carboxylic acids is 2. The van der Waals surface area contributed by atoms with Crippen LogP contribution in [0.3, 0.4) is 0 Å². The lowest BCUT2D eigenvalue weighted by molar-refractivity contribution is -0.128. The first-order chi connectivity index (χ1) is 19.5. The summed E-state index contributed by atoms with van der Waals surface area (Å²) in [6, 6.07) is 6.56. The predicted molar refractivity (Wildman–Crippen MR) is 165 cm³/mol. The quantitative estimate of drug-likeness (QED) is 0.131. The molecule has 8 atom stereocenters. The molecule has 5 rings (SSSR count). The van der Waals surface area contributed by atoms with Crippen molar-refractivity contribution in [2.24, 2.45) is 46.3 Å². The van der Waals surface area contributed by atoms with Gasteiger partial charge in [0.05, 0.1) is 5.56 Å². The molecule has 1 aromatic carbocycles. The van der Waals surface area contributed by atoms with Gasteiger partial charge < -0.3 is 9.47 Å². The number of ether oxygens (including phenoxy) is 2. The monoisotopic (exact) mass is 560 g/mol. The molecule has 1 aromatic rings. The highest BCUT2D eigenvalue weighted by molar-refractivity contribution is 5.90. The Bertz CT molecular complexity index is 1150. The lowest BCUT2D eigenvalue weighted by atomic mass is 9.47. The molecular formula is C37H52O4. The number of carbonyl (C=O) groups is 2. The largest absolute Gasteiger partial charge is 0.458 e. The van der Waals surface area contributed by atoms with E-state index in [0.29, 0.717) is 16.7 Å². The van der Waals surface area contributed by atoms with Crippen LogP contribution in [0.15, 0.2) is 48.6 Å². The van der Waals surface area contributed by atoms with Gasteiger partial charge in [0.2, 0.25) is 0 Å². The van der Waals surface area contributed by atoms with Crippen LogP contribution in [-0.2, 0) is 9.53 Å². The van der Waals surface area contributed by atoms with Crippen molar-refractivity contribution in [3.63, 3.8) is 0 Å². The second kappa shape index (κ2) is 12.1. The van der Waals surface area contributed by atoms with Gasteiger partial charge in [-0.3, -0.25) is 0 Å². The summed E-state index contributed by atoms with van der Waals surface area (Å²) in [5.74, 6) is 4.54. The van der Waals surface area contributed by atoms with Crippen molar-refractivity contribution in [1.82, 2.24) is 0 Å². The number of allylic oxidation sites excluding steroid dienone is 1. The van der Waals surface area contributed by atoms with Crippen LogP contribution < -0.4 is 4.74 Å². The van der Waals surface area contributed by atoms with Crippen molar-refractivity contribution in [1.29, 1.82) is 0 Å². The molecule has 4 nitrogen and oxygen atoms in total. The van der Waals surface area contributed by atoms with Gasteiger partial charge in [0, 0.05) is 12.5 Å². The molecule has 0 radical (unpaired) electrons. The minimum Gasteiger partial charge on any atom is -0.458 e. The second-order valence-corrected chi connectivity index (χ2v) is 14.7. The Kier molecular flexibility index (Phi) is 8.88. The van der Waals surface area contributed by atoms with E-state index in [1.807, 2.05) is 0 Å². The summed E-state index contributed by atoms with van der Waals surface area (Å²) in [6.45, 7) is 15.9. The normalized spacial score (nSPS) is 35.0. The zero-order valence-corrected chi connectivity index (χ0v) is 26.1. The van der Waals surface area contributed by atoms with Gasteiger partial charge >= 0.3 is 11.9 Å². The summed E-state index contributed by atoms with van der Waals surface area (Å²) in [6.07, 6.45) is 17.4. The fourth-order valence-corrected chi connectivity index (χ4v) is 9.79. The fourth-order valence-electron chi connectivity index (χ4n) is 9.79. The van der Waals surface area contributed by atoms with E-state index < -0.39 is 5.97 Å². The zero-order valence-electron chi connectivity index (χ0n) is 26.1. The third-order valence-electron chi connectivity index (χ3n) is 12.0. The summed E-state index contributed by atoms with van der Waals surface area (Å²) < 4.78 is 11.1. The van der Waals surface area contributed by atoms with Crippen molar-refractivity contribution < 1.29 is 19.1 Å². The molecular weight excluding hydrogens is 508 g/mol. The Balaban J connectivity index is 1.21. The first-order valence-electron chi connectivity index (χ1n) is 16.4. The maximum Gasteiger partial charge on any atom is 0.338 e. The minimum atomic E-state index is -0.518. The maximum absolute atomic E-state index is 12.9. The Morgan fingerprint density at radius 1 is 1.00 bits per heavy atom. The number of hydrogen-bond acceptors (Lipinski definition) is 4. The van der Waals surface area contributed by atoms with E-state index in [-0.39, 0.29) is 17.5 Å². The standard InChI is InChI=1S/C37H52O4/c1-7-34(38)40-28-14-11-26(12-15-28)35(39)41-29-19-21-36(5)27(23-29)13-16-30-32-18-17-31(25(4)10-8-9-24(2)3)37(32,6)22-20-33(30)36/h7,11-15,24-25,29-33H,1,8-10,16-23H2,2-6H3/t25-,29?,30+,31-,32+,33+,36+,37-/m1/s1. The molecule has 0 saturated heterocycles. The van der Waals surface area contributed by atoms with Crippen LogP contribution in [0.25, 0.3) is 0 Å². The molecule has 0 aliphatic heterocycles. The van der Waals surface area contributed by atoms with Crippen LogP contribution in [0, 0.1) is 46.3 Å². The number of rotatable bonds is 9. The molecule has 3 fully saturated rings. The van der Waals surface area contributed by atoms with Crippen LogP contribution >= 0.6 is 0 Å². The highest BCUT2D eigenvalue weighted by atomic mass is 16.5. The van der Waals surface area contributed by atoms with Crippen LogP contribution in [0.5, 0.6) is 5.75 Å². The minimum absolute atomic E-state index is 0.0759. The summed E-state index contributed by atoms with van der Waals surface area (Å²) in [7, 11) is 0. The predicted octanol–water partition coefficient (Wildman–Crippen LogP) is 9.34. The number of fused-ring (bicyclic) bond motifs is 5. The van der Waals surface area contributed by atoms with Gasteiger partial charge in [0.25, 0.3) is 0 Å². The molecule has 4 aliphatic carbocycles. The van der Waals surface area contributed by atoms with Crippen molar-refractivity contribution in [3.8, 4) is 5.75 Å². The van der Waals surface area contributed by atoms with Crippen LogP contribution in [0.2, 0.25) is 0 Å². The van der Waals surface area contributed by atoms with Crippen molar-refractivity contribution >= 4 is 11.9 Å². The molecule has 1 unspecified atom stereocenters. The second-order valence-electron chi connectivity index (χ2n) is 14.7. The number of esters is 2. The van der Waals surface area contributed by atoms with E-state index in [0.717, 1.165) is 60.8 Å². The molecule has 0 bridgehead atoms. The molecule has 0 aromatic heterocycles. The fraction of sp³-hybridized carbons (Fsp3) is 0.676. The first kappa shape index (κ1) is 30.1. The van der Waals surface area contributed by atoms with Gasteiger partial charge in [-0.05, 0) is 116 Å². The van der Waals surface area contributed by atoms with Crippen molar-refractivity contribution in [3.05, 3.63) is 54.1 Å². The van der Waals surface area contributed by atoms with Gasteiger partial charge in [0.15, 0.2) is 0 Å². The first-order valence-corrected chi connectivity index (χ1v) is 16.4. The van der Waals surface area contributed by atoms with Crippen LogP contribution in [0.1, 0.15) is 116 Å². The molecule has 0 amide bonds. The van der Waals surface area contributed by atoms with E-state index in [4.69, 9.17) is 9.47 Å². The molecule has 4 aliphatic rings. The summed E-state index contributed by atoms with van der Waals surface area (Å²) in [5, 5.41) is 0. The molecule has 0 heterocycles. The molecule has 224 valence electrons. The maximum atomic E-state index is 12.9. The van der Waals surface area contributed by atoms with Gasteiger partial charge in [-0.15, -0.1) is 0 Å². The van der Waals surface area contributed by atoms with E-state index in [2.05, 4.69) is 47.3 Å². The summed E-state index contributed by atoms with van der Waals surface area (Å²) >= 11 is 0. The molecule has 0 spiro atoms. The average molecular weight is 561 g/mol. The van der Waals surface area contributed by atoms with Crippen LogP contribution in [-0.4, -0.2) is 18.0 Å². The van der Waals surface area contributed by atoms with Gasteiger partial charge in [-0.25, -0.2) is 9.59 Å². The number of benzene rings is 1. The van der Waals surface area contributed by atoms with E-state index >= 15 is 0 Å². The topological polar surface area (TPSA) is 52.6 Å². The van der Waals surface area contributed by atoms with Gasteiger partial charge in [-0.2, -0.15) is 0 Å². The van der Waals surface area contributed by atoms with Gasteiger partial charge in [-0.1, -0.05) is 72.1 Å². The average Bonchev–Trinajstić information content (AvgIpc) is 3.30. The lowest BCUT2D eigenvalue weighted by Crippen LogP contribution is -2.51. The van der Waals surface area contributed by atoms with Crippen LogP contribution in [0.4, 0.5) is 0 Å². The zero-order chi connectivity index (χ0) is 29.4. The van der Waals surface area contributed by atoms with E-state index in [1.165, 1.54) is 56.9 Å². The third kappa shape index (κ3) is 5.95. The SMILES string of the molecule is C=CC(=O)Oc1ccc(C(=O)OC2CC[C@@]3(C)C(=CC[C@H]4[C@@H]5CC[C@H]([C@H](C)CCCC(C)C)[C@@]5(C)CC[C@@H]43)C2)cc1. The number of hydrogen-bond donors (Lipinski definition) is 0. The van der Waals surface area contributed by atoms with E-state index in [9.17, 15) is 9.59 Å². The highest BCUT2D eigenvalue weighted by Crippen LogP contribution is 2.67. The summed E-state index contributed by atoms with van der Waals surface area (Å²) in [5.41, 5.74) is 2.77. The van der Waals surface area contributed by atoms with Gasteiger partial charge in [0.1, 0.15) is 11.9 Å². The third-order valence-corrected chi connectivity index (χ3v) is 12.0. The van der Waals surface area contributed by atoms with Crippen molar-refractivity contribution in [2.75, 3.05) is 0 Å². The highest BCUT2D eigenvalue weighted by Gasteiger charge is 2.59. The Morgan fingerprint density at radius 3 is 2.46 bits per heavy atom. The van der Waals surface area contributed by atoms with E-state index in [1.54, 1.807) is 24.3 Å². The Labute approximate surface area is 248 Å². The smallest absolute Gasteiger partial charge is 0.338 e. The molecule has 4 heteroatoms. The molecule has 41 heavy (non-hydrogen) atoms. The summed E-state index contributed by atoms with van der Waals surface area (Å²) in [4.78, 5) is 24.4. The molecule has 3 saturated carbocycles. The Morgan fingerprint density at radius 2 is 1.76 bits per heavy atom. The Hall–Kier alpha value is -2.36. The lowest BCUT2D eigenvalue weighted by Gasteiger charge is -2.58.